The van der Waals surface area contributed by atoms with Crippen molar-refractivity contribution < 1.29 is 13.2 Å². The van der Waals surface area contributed by atoms with Crippen molar-refractivity contribution in [1.29, 1.82) is 0 Å². The number of rotatable bonds is 1. The van der Waals surface area contributed by atoms with Crippen molar-refractivity contribution in [1.82, 2.24) is 0 Å². The highest BCUT2D eigenvalue weighted by Crippen LogP contribution is 2.42. The molecule has 0 spiro atoms. The quantitative estimate of drug-likeness (QED) is 0.508. The molecule has 0 radical (unpaired) electrons. The summed E-state index contributed by atoms with van der Waals surface area (Å²) in [5.41, 5.74) is 4.33. The van der Waals surface area contributed by atoms with Gasteiger partial charge in [0.2, 0.25) is 0 Å². The SMILES string of the molecule is CCC1C(C(F)(F)F)=Nc2cc(C#C[Si](C)(C)C)ccc21. The summed E-state index contributed by atoms with van der Waals surface area (Å²) in [5, 5.41) is 0. The van der Waals surface area contributed by atoms with Crippen LogP contribution in [0.2, 0.25) is 19.6 Å². The number of halogens is 3. The Balaban J connectivity index is 2.42. The molecule has 0 amide bonds. The second-order valence-electron chi connectivity index (χ2n) is 6.23. The van der Waals surface area contributed by atoms with Gasteiger partial charge in [-0.3, -0.25) is 0 Å². The van der Waals surface area contributed by atoms with Crippen molar-refractivity contribution in [3.05, 3.63) is 29.3 Å². The fourth-order valence-corrected chi connectivity index (χ4v) is 2.82. The van der Waals surface area contributed by atoms with Crippen LogP contribution in [0.5, 0.6) is 0 Å². The second-order valence-corrected chi connectivity index (χ2v) is 11.0. The number of aliphatic imine (C=N–C) groups is 1. The standard InChI is InChI=1S/C16H18F3NSi/c1-5-12-13-7-6-11(8-9-21(2,3)4)10-14(13)20-15(12)16(17,18)19/h6-7,10,12H,5H2,1-4H3. The van der Waals surface area contributed by atoms with Crippen LogP contribution in [-0.4, -0.2) is 20.0 Å². The van der Waals surface area contributed by atoms with Gasteiger partial charge in [-0.05, 0) is 24.1 Å². The molecule has 1 atom stereocenters. The van der Waals surface area contributed by atoms with Gasteiger partial charge in [-0.1, -0.05) is 38.6 Å². The minimum atomic E-state index is -4.37. The van der Waals surface area contributed by atoms with E-state index in [2.05, 4.69) is 36.1 Å². The summed E-state index contributed by atoms with van der Waals surface area (Å²) in [5.74, 6) is 2.41. The molecule has 1 unspecified atom stereocenters. The van der Waals surface area contributed by atoms with E-state index >= 15 is 0 Å². The highest BCUT2D eigenvalue weighted by atomic mass is 28.3. The fourth-order valence-electron chi connectivity index (χ4n) is 2.30. The summed E-state index contributed by atoms with van der Waals surface area (Å²) in [6.45, 7) is 8.13. The van der Waals surface area contributed by atoms with E-state index < -0.39 is 25.9 Å². The van der Waals surface area contributed by atoms with Crippen LogP contribution in [0.25, 0.3) is 0 Å². The van der Waals surface area contributed by atoms with Crippen molar-refractivity contribution >= 4 is 19.5 Å². The van der Waals surface area contributed by atoms with E-state index in [0.29, 0.717) is 17.7 Å². The van der Waals surface area contributed by atoms with Gasteiger partial charge in [0.1, 0.15) is 13.8 Å². The van der Waals surface area contributed by atoms with Crippen LogP contribution < -0.4 is 0 Å². The highest BCUT2D eigenvalue weighted by molar-refractivity contribution is 6.83. The maximum Gasteiger partial charge on any atom is 0.430 e. The Bertz CT molecular complexity index is 642. The van der Waals surface area contributed by atoms with Crippen molar-refractivity contribution in [3.63, 3.8) is 0 Å². The summed E-state index contributed by atoms with van der Waals surface area (Å²) in [6.07, 6.45) is -3.98. The zero-order valence-electron chi connectivity index (χ0n) is 12.6. The van der Waals surface area contributed by atoms with Gasteiger partial charge in [0, 0.05) is 11.5 Å². The Hall–Kier alpha value is -1.54. The molecule has 0 saturated carbocycles. The van der Waals surface area contributed by atoms with Gasteiger partial charge in [-0.2, -0.15) is 13.2 Å². The summed E-state index contributed by atoms with van der Waals surface area (Å²) in [6, 6.07) is 5.20. The lowest BCUT2D eigenvalue weighted by atomic mass is 9.92. The van der Waals surface area contributed by atoms with E-state index in [0.717, 1.165) is 5.56 Å². The molecule has 5 heteroatoms. The molecule has 0 aromatic heterocycles. The maximum absolute atomic E-state index is 13.0. The van der Waals surface area contributed by atoms with E-state index in [4.69, 9.17) is 0 Å². The normalized spacial score (nSPS) is 17.9. The molecule has 21 heavy (non-hydrogen) atoms. The number of nitrogens with zero attached hydrogens (tertiary/aromatic N) is 1. The predicted octanol–water partition coefficient (Wildman–Crippen LogP) is 5.06. The summed E-state index contributed by atoms with van der Waals surface area (Å²) >= 11 is 0. The molecule has 0 fully saturated rings. The van der Waals surface area contributed by atoms with E-state index in [9.17, 15) is 13.2 Å². The van der Waals surface area contributed by atoms with E-state index in [1.165, 1.54) is 0 Å². The molecule has 1 aliphatic rings. The van der Waals surface area contributed by atoms with Crippen molar-refractivity contribution in [2.24, 2.45) is 4.99 Å². The number of benzene rings is 1. The number of hydrogen-bond acceptors (Lipinski definition) is 1. The van der Waals surface area contributed by atoms with Crippen molar-refractivity contribution in [2.45, 2.75) is 45.1 Å². The maximum atomic E-state index is 13.0. The number of fused-ring (bicyclic) bond motifs is 1. The van der Waals surface area contributed by atoms with Gasteiger partial charge in [0.15, 0.2) is 0 Å². The zero-order chi connectivity index (χ0) is 15.8. The van der Waals surface area contributed by atoms with Gasteiger partial charge < -0.3 is 0 Å². The fraction of sp³-hybridized carbons (Fsp3) is 0.438. The van der Waals surface area contributed by atoms with Crippen LogP contribution in [0.15, 0.2) is 23.2 Å². The zero-order valence-corrected chi connectivity index (χ0v) is 13.6. The largest absolute Gasteiger partial charge is 0.430 e. The smallest absolute Gasteiger partial charge is 0.247 e. The molecule has 112 valence electrons. The van der Waals surface area contributed by atoms with Crippen LogP contribution in [-0.2, 0) is 0 Å². The second kappa shape index (κ2) is 5.34. The van der Waals surface area contributed by atoms with Crippen molar-refractivity contribution in [2.75, 3.05) is 0 Å². The van der Waals surface area contributed by atoms with Gasteiger partial charge in [-0.25, -0.2) is 4.99 Å². The number of hydrogen-bond donors (Lipinski definition) is 0. The topological polar surface area (TPSA) is 12.4 Å². The van der Waals surface area contributed by atoms with E-state index in [-0.39, 0.29) is 0 Å². The molecule has 1 aliphatic heterocycles. The molecule has 0 N–H and O–H groups in total. The Kier molecular flexibility index (Phi) is 4.03. The van der Waals surface area contributed by atoms with Crippen molar-refractivity contribution in [3.8, 4) is 11.5 Å². The van der Waals surface area contributed by atoms with Crippen LogP contribution in [0.3, 0.4) is 0 Å². The van der Waals surface area contributed by atoms with Gasteiger partial charge >= 0.3 is 6.18 Å². The lowest BCUT2D eigenvalue weighted by Crippen LogP contribution is -2.26. The third-order valence-electron chi connectivity index (χ3n) is 3.26. The van der Waals surface area contributed by atoms with E-state index in [1.807, 2.05) is 0 Å². The minimum Gasteiger partial charge on any atom is -0.247 e. The minimum absolute atomic E-state index is 0.394. The highest BCUT2D eigenvalue weighted by Gasteiger charge is 2.44. The Morgan fingerprint density at radius 3 is 2.43 bits per heavy atom. The van der Waals surface area contributed by atoms with Crippen LogP contribution in [0.1, 0.15) is 30.4 Å². The summed E-state index contributed by atoms with van der Waals surface area (Å²) < 4.78 is 39.0. The Labute approximate surface area is 124 Å². The monoisotopic (exact) mass is 309 g/mol. The molecule has 1 aromatic rings. The molecule has 0 saturated heterocycles. The molecular formula is C16H18F3NSi. The average molecular weight is 309 g/mol. The molecule has 1 aromatic carbocycles. The molecule has 0 aliphatic carbocycles. The first kappa shape index (κ1) is 15.8. The molecular weight excluding hydrogens is 291 g/mol. The first-order valence-corrected chi connectivity index (χ1v) is 10.4. The van der Waals surface area contributed by atoms with Crippen LogP contribution in [0.4, 0.5) is 18.9 Å². The van der Waals surface area contributed by atoms with Gasteiger partial charge in [-0.15, -0.1) is 5.54 Å². The van der Waals surface area contributed by atoms with Crippen LogP contribution >= 0.6 is 0 Å². The predicted molar refractivity (Wildman–Crippen MR) is 82.8 cm³/mol. The average Bonchev–Trinajstić information content (AvgIpc) is 2.73. The molecule has 0 bridgehead atoms. The first-order valence-electron chi connectivity index (χ1n) is 6.94. The first-order chi connectivity index (χ1) is 9.62. The van der Waals surface area contributed by atoms with E-state index in [1.54, 1.807) is 25.1 Å². The Morgan fingerprint density at radius 1 is 1.24 bits per heavy atom. The summed E-state index contributed by atoms with van der Waals surface area (Å²) in [7, 11) is -1.51. The molecule has 1 nitrogen and oxygen atoms in total. The van der Waals surface area contributed by atoms with Gasteiger partial charge in [0.25, 0.3) is 0 Å². The molecule has 1 heterocycles. The lowest BCUT2D eigenvalue weighted by Gasteiger charge is -2.14. The van der Waals surface area contributed by atoms with Crippen LogP contribution in [0, 0.1) is 11.5 Å². The lowest BCUT2D eigenvalue weighted by molar-refractivity contribution is -0.0610. The summed E-state index contributed by atoms with van der Waals surface area (Å²) in [4.78, 5) is 3.82. The molecule has 2 rings (SSSR count). The van der Waals surface area contributed by atoms with Gasteiger partial charge in [0.05, 0.1) is 5.69 Å². The Morgan fingerprint density at radius 2 is 1.90 bits per heavy atom. The number of alkyl halides is 3. The third kappa shape index (κ3) is 3.56. The third-order valence-corrected chi connectivity index (χ3v) is 4.13.